The van der Waals surface area contributed by atoms with Gasteiger partial charge in [0.1, 0.15) is 13.6 Å². The number of hydrogen-bond acceptors (Lipinski definition) is 5. The lowest BCUT2D eigenvalue weighted by atomic mass is 10.2. The number of benzene rings is 2. The lowest BCUT2D eigenvalue weighted by molar-refractivity contribution is -2.00. The van der Waals surface area contributed by atoms with Crippen molar-refractivity contribution in [3.63, 3.8) is 0 Å². The molecule has 1 aromatic heterocycles. The lowest BCUT2D eigenvalue weighted by Gasteiger charge is -2.17. The Labute approximate surface area is 129 Å². The maximum atomic E-state index is 8.49. The van der Waals surface area contributed by atoms with Crippen LogP contribution in [0, 0.1) is 10.2 Å². The van der Waals surface area contributed by atoms with Gasteiger partial charge in [-0.3, -0.25) is 0 Å². The van der Waals surface area contributed by atoms with Gasteiger partial charge in [-0.15, -0.1) is 19.6 Å². The molecule has 0 aliphatic rings. The molecule has 3 aromatic rings. The van der Waals surface area contributed by atoms with E-state index in [1.54, 1.807) is 0 Å². The molecule has 0 bridgehead atoms. The maximum Gasteiger partial charge on any atom is 0.198 e. The van der Waals surface area contributed by atoms with Crippen molar-refractivity contribution in [3.8, 4) is 0 Å². The van der Waals surface area contributed by atoms with Gasteiger partial charge in [-0.05, 0) is 17.7 Å². The highest BCUT2D eigenvalue weighted by atomic mass is 35.7. The molecular weight excluding hydrogens is 310 g/mol. The summed E-state index contributed by atoms with van der Waals surface area (Å²) >= 11 is 0. The van der Waals surface area contributed by atoms with Crippen molar-refractivity contribution in [2.24, 2.45) is 7.05 Å². The Morgan fingerprint density at radius 2 is 1.50 bits per heavy atom. The first-order valence-electron chi connectivity index (χ1n) is 6.32. The summed E-state index contributed by atoms with van der Waals surface area (Å²) in [6, 6.07) is 18.7. The standard InChI is InChI=1S/C14H14N3.ClHO4/c1-16-13-9-5-6-10-14(13)17(15-16)11-12-7-3-2-4-8-12;2-1(3,4)5/h2-10H,11H2,1H3;(H,2,3,4,5)/q+1;/p-1. The van der Waals surface area contributed by atoms with Crippen LogP contribution in [-0.4, -0.2) is 9.90 Å². The first kappa shape index (κ1) is 16.3. The van der Waals surface area contributed by atoms with Crippen molar-refractivity contribution in [3.05, 3.63) is 60.2 Å². The zero-order valence-corrected chi connectivity index (χ0v) is 12.5. The minimum atomic E-state index is -4.94. The fraction of sp³-hybridized carbons (Fsp3) is 0.143. The van der Waals surface area contributed by atoms with Gasteiger partial charge in [0.25, 0.3) is 0 Å². The number of halogens is 1. The Morgan fingerprint density at radius 1 is 0.955 bits per heavy atom. The first-order valence-corrected chi connectivity index (χ1v) is 7.55. The van der Waals surface area contributed by atoms with E-state index in [1.807, 2.05) is 34.6 Å². The van der Waals surface area contributed by atoms with Crippen LogP contribution in [0.25, 0.3) is 11.0 Å². The summed E-state index contributed by atoms with van der Waals surface area (Å²) in [5.41, 5.74) is 3.59. The molecule has 0 saturated carbocycles. The number of hydrogen-bond donors (Lipinski definition) is 0. The molecule has 0 fully saturated rings. The van der Waals surface area contributed by atoms with Crippen molar-refractivity contribution < 1.29 is 33.6 Å². The van der Waals surface area contributed by atoms with Crippen molar-refractivity contribution in [1.82, 2.24) is 9.90 Å². The van der Waals surface area contributed by atoms with E-state index in [-0.39, 0.29) is 0 Å². The highest BCUT2D eigenvalue weighted by Crippen LogP contribution is 2.10. The third kappa shape index (κ3) is 4.76. The number of fused-ring (bicyclic) bond motifs is 1. The highest BCUT2D eigenvalue weighted by molar-refractivity contribution is 5.70. The Morgan fingerprint density at radius 3 is 2.14 bits per heavy atom. The Balaban J connectivity index is 0.000000309. The topological polar surface area (TPSA) is 114 Å². The van der Waals surface area contributed by atoms with E-state index in [9.17, 15) is 0 Å². The Bertz CT molecular complexity index is 735. The number of aryl methyl sites for hydroxylation is 1. The maximum absolute atomic E-state index is 8.49. The predicted octanol–water partition coefficient (Wildman–Crippen LogP) is -2.85. The van der Waals surface area contributed by atoms with Gasteiger partial charge in [0, 0.05) is 0 Å². The summed E-state index contributed by atoms with van der Waals surface area (Å²) in [6.45, 7) is 0.808. The van der Waals surface area contributed by atoms with Crippen molar-refractivity contribution in [1.29, 1.82) is 0 Å². The van der Waals surface area contributed by atoms with Crippen LogP contribution >= 0.6 is 0 Å². The number of aromatic nitrogens is 3. The molecular formula is C14H14ClN3O4. The summed E-state index contributed by atoms with van der Waals surface area (Å²) in [6.07, 6.45) is 0. The van der Waals surface area contributed by atoms with Crippen LogP contribution in [0.3, 0.4) is 0 Å². The van der Waals surface area contributed by atoms with E-state index in [0.29, 0.717) is 0 Å². The molecule has 2 aromatic carbocycles. The molecule has 116 valence electrons. The minimum absolute atomic E-state index is 0.808. The first-order chi connectivity index (χ1) is 10.3. The van der Waals surface area contributed by atoms with Crippen LogP contribution in [0.2, 0.25) is 0 Å². The third-order valence-corrected chi connectivity index (χ3v) is 2.93. The van der Waals surface area contributed by atoms with Crippen LogP contribution in [-0.2, 0) is 13.6 Å². The van der Waals surface area contributed by atoms with Gasteiger partial charge >= 0.3 is 0 Å². The number of rotatable bonds is 2. The second-order valence-electron chi connectivity index (χ2n) is 4.52. The molecule has 0 spiro atoms. The highest BCUT2D eigenvalue weighted by Gasteiger charge is 2.14. The van der Waals surface area contributed by atoms with E-state index in [0.717, 1.165) is 12.1 Å². The van der Waals surface area contributed by atoms with Gasteiger partial charge < -0.3 is 0 Å². The molecule has 1 heterocycles. The van der Waals surface area contributed by atoms with Gasteiger partial charge in [0.2, 0.25) is 0 Å². The fourth-order valence-electron chi connectivity index (χ4n) is 2.09. The minimum Gasteiger partial charge on any atom is -0.222 e. The Kier molecular flexibility index (Phi) is 5.07. The van der Waals surface area contributed by atoms with Gasteiger partial charge in [0.15, 0.2) is 11.0 Å². The largest absolute Gasteiger partial charge is 0.222 e. The number of para-hydroxylation sites is 2. The zero-order chi connectivity index (χ0) is 16.2. The molecule has 0 aliphatic heterocycles. The molecule has 3 rings (SSSR count). The SMILES string of the molecule is C[n+]1nn(Cc2ccccc2)c2ccccc21.[O-][Cl+3]([O-])([O-])[O-]. The molecule has 0 amide bonds. The average molecular weight is 324 g/mol. The van der Waals surface area contributed by atoms with Crippen LogP contribution in [0.15, 0.2) is 54.6 Å². The van der Waals surface area contributed by atoms with E-state index in [2.05, 4.69) is 41.6 Å². The van der Waals surface area contributed by atoms with Crippen LogP contribution in [0.1, 0.15) is 5.56 Å². The molecule has 0 unspecified atom stereocenters. The second kappa shape index (κ2) is 6.82. The van der Waals surface area contributed by atoms with Crippen molar-refractivity contribution in [2.45, 2.75) is 6.54 Å². The summed E-state index contributed by atoms with van der Waals surface area (Å²) < 4.78 is 37.9. The predicted molar refractivity (Wildman–Crippen MR) is 66.5 cm³/mol. The summed E-state index contributed by atoms with van der Waals surface area (Å²) in [5, 5.41) is 4.52. The van der Waals surface area contributed by atoms with E-state index in [1.165, 1.54) is 11.1 Å². The van der Waals surface area contributed by atoms with Crippen LogP contribution in [0.4, 0.5) is 0 Å². The van der Waals surface area contributed by atoms with E-state index < -0.39 is 10.2 Å². The molecule has 7 nitrogen and oxygen atoms in total. The van der Waals surface area contributed by atoms with E-state index >= 15 is 0 Å². The summed E-state index contributed by atoms with van der Waals surface area (Å²) in [4.78, 5) is 0. The molecule has 0 atom stereocenters. The Hall–Kier alpha value is -2.03. The molecule has 0 radical (unpaired) electrons. The molecule has 0 N–H and O–H groups in total. The smallest absolute Gasteiger partial charge is 0.198 e. The number of nitrogens with zero attached hydrogens (tertiary/aromatic N) is 3. The fourth-order valence-corrected chi connectivity index (χ4v) is 2.09. The third-order valence-electron chi connectivity index (χ3n) is 2.93. The molecule has 0 saturated heterocycles. The van der Waals surface area contributed by atoms with Crippen molar-refractivity contribution in [2.75, 3.05) is 0 Å². The summed E-state index contributed by atoms with van der Waals surface area (Å²) in [5.74, 6) is 0. The second-order valence-corrected chi connectivity index (χ2v) is 5.28. The molecule has 8 heteroatoms. The molecule has 0 aliphatic carbocycles. The van der Waals surface area contributed by atoms with Gasteiger partial charge in [-0.25, -0.2) is 18.6 Å². The normalized spacial score (nSPS) is 11.1. The van der Waals surface area contributed by atoms with Gasteiger partial charge in [0.05, 0.1) is 5.21 Å². The van der Waals surface area contributed by atoms with Gasteiger partial charge in [-0.1, -0.05) is 42.5 Å². The average Bonchev–Trinajstić information content (AvgIpc) is 2.76. The zero-order valence-electron chi connectivity index (χ0n) is 11.8. The quantitative estimate of drug-likeness (QED) is 0.471. The monoisotopic (exact) mass is 323 g/mol. The van der Waals surface area contributed by atoms with E-state index in [4.69, 9.17) is 18.6 Å². The summed E-state index contributed by atoms with van der Waals surface area (Å²) in [7, 11) is -2.97. The van der Waals surface area contributed by atoms with Gasteiger partial charge in [-0.2, -0.15) is 0 Å². The van der Waals surface area contributed by atoms with Crippen LogP contribution in [0.5, 0.6) is 0 Å². The lowest BCUT2D eigenvalue weighted by Crippen LogP contribution is -2.68. The van der Waals surface area contributed by atoms with Crippen LogP contribution < -0.4 is 23.3 Å². The van der Waals surface area contributed by atoms with Crippen molar-refractivity contribution >= 4 is 11.0 Å². The molecule has 22 heavy (non-hydrogen) atoms.